The lowest BCUT2D eigenvalue weighted by molar-refractivity contribution is -0.120. The maximum Gasteiger partial charge on any atom is 0.332 e. The van der Waals surface area contributed by atoms with Gasteiger partial charge in [-0.15, -0.1) is 0 Å². The summed E-state index contributed by atoms with van der Waals surface area (Å²) >= 11 is 0. The van der Waals surface area contributed by atoms with Crippen molar-refractivity contribution in [2.45, 2.75) is 32.4 Å². The Hall–Kier alpha value is -5.17. The van der Waals surface area contributed by atoms with Crippen LogP contribution in [0.2, 0.25) is 0 Å². The van der Waals surface area contributed by atoms with E-state index in [0.717, 1.165) is 38.9 Å². The molecule has 0 radical (unpaired) electrons. The molecule has 0 saturated carbocycles. The van der Waals surface area contributed by atoms with Crippen molar-refractivity contribution in [3.05, 3.63) is 131 Å². The molecule has 7 heteroatoms. The van der Waals surface area contributed by atoms with Crippen molar-refractivity contribution in [1.29, 1.82) is 0 Å². The zero-order chi connectivity index (χ0) is 28.2. The number of aromatic amines is 1. The largest absolute Gasteiger partial charge is 0.356 e. The smallest absolute Gasteiger partial charge is 0.332 e. The Bertz CT molecular complexity index is 1860. The summed E-state index contributed by atoms with van der Waals surface area (Å²) in [5, 5.41) is 3.99. The van der Waals surface area contributed by atoms with Gasteiger partial charge in [0.1, 0.15) is 12.1 Å². The molecule has 2 atom stereocenters. The third-order valence-corrected chi connectivity index (χ3v) is 8.32. The van der Waals surface area contributed by atoms with Crippen LogP contribution in [0.3, 0.4) is 0 Å². The number of nitrogens with one attached hydrogen (secondary N) is 2. The minimum absolute atomic E-state index is 0.257. The molecule has 41 heavy (non-hydrogen) atoms. The quantitative estimate of drug-likeness (QED) is 0.255. The Labute approximate surface area is 237 Å². The van der Waals surface area contributed by atoms with E-state index in [-0.39, 0.29) is 23.1 Å². The molecular weight excluding hydrogens is 512 g/mol. The second-order valence-electron chi connectivity index (χ2n) is 10.7. The van der Waals surface area contributed by atoms with Crippen molar-refractivity contribution in [3.63, 3.8) is 0 Å². The van der Waals surface area contributed by atoms with Gasteiger partial charge in [-0.05, 0) is 66.4 Å². The molecule has 0 aliphatic carbocycles. The van der Waals surface area contributed by atoms with Crippen molar-refractivity contribution in [2.75, 3.05) is 10.2 Å². The first-order valence-electron chi connectivity index (χ1n) is 13.7. The van der Waals surface area contributed by atoms with E-state index in [4.69, 9.17) is 0 Å². The van der Waals surface area contributed by atoms with E-state index in [0.29, 0.717) is 12.1 Å². The van der Waals surface area contributed by atoms with Gasteiger partial charge in [-0.2, -0.15) is 0 Å². The predicted octanol–water partition coefficient (Wildman–Crippen LogP) is 6.52. The topological polar surface area (TPSA) is 85.5 Å². The molecule has 202 valence electrons. The molecule has 2 aliphatic rings. The molecule has 5 aromatic rings. The number of hydrogen-bond donors (Lipinski definition) is 2. The predicted molar refractivity (Wildman–Crippen MR) is 159 cm³/mol. The molecule has 2 N–H and O–H groups in total. The fraction of sp³-hybridized carbons (Fsp3) is 0.147. The Morgan fingerprint density at radius 2 is 1.59 bits per heavy atom. The van der Waals surface area contributed by atoms with Gasteiger partial charge in [-0.3, -0.25) is 14.5 Å². The highest BCUT2D eigenvalue weighted by atomic mass is 16.2. The molecule has 1 saturated heterocycles. The number of imide groups is 1. The number of carbonyl (C=O) groups excluding carboxylic acids is 3. The Kier molecular flexibility index (Phi) is 5.75. The number of rotatable bonds is 4. The van der Waals surface area contributed by atoms with Crippen LogP contribution < -0.4 is 10.2 Å². The number of para-hydroxylation sites is 2. The summed E-state index contributed by atoms with van der Waals surface area (Å²) < 4.78 is 0. The summed E-state index contributed by atoms with van der Waals surface area (Å²) in [5.74, 6) is -0.719. The van der Waals surface area contributed by atoms with Gasteiger partial charge in [0, 0.05) is 28.7 Å². The number of urea groups is 1. The van der Waals surface area contributed by atoms with E-state index in [1.807, 2.05) is 86.6 Å². The number of fused-ring (bicyclic) bond motifs is 4. The van der Waals surface area contributed by atoms with Crippen LogP contribution in [0.1, 0.15) is 44.3 Å². The maximum atomic E-state index is 14.3. The second-order valence-corrected chi connectivity index (χ2v) is 10.7. The highest BCUT2D eigenvalue weighted by Crippen LogP contribution is 2.45. The van der Waals surface area contributed by atoms with E-state index in [9.17, 15) is 14.4 Å². The number of nitrogens with zero attached hydrogens (tertiary/aromatic N) is 2. The molecule has 2 aliphatic heterocycles. The molecule has 0 bridgehead atoms. The van der Waals surface area contributed by atoms with Gasteiger partial charge in [-0.1, -0.05) is 66.7 Å². The third kappa shape index (κ3) is 3.92. The fourth-order valence-corrected chi connectivity index (χ4v) is 6.16. The summed E-state index contributed by atoms with van der Waals surface area (Å²) in [6.07, 6.45) is 0.390. The molecule has 1 unspecified atom stereocenters. The molecule has 1 aromatic heterocycles. The third-order valence-electron chi connectivity index (χ3n) is 8.32. The van der Waals surface area contributed by atoms with Gasteiger partial charge in [0.25, 0.3) is 11.8 Å². The number of hydrogen-bond acceptors (Lipinski definition) is 3. The van der Waals surface area contributed by atoms with Crippen LogP contribution in [-0.4, -0.2) is 33.8 Å². The standard InChI is InChI=1S/C34H28N4O3/c1-20-16-17-23(18-21(20)2)35-32(39)25-13-7-9-15-28(25)38-33(40)29-19-26-24-12-6-8-14-27(24)36-30(26)31(37(29)34(38)41)22-10-4-3-5-11-22/h3-18,29,31,36H,19H2,1-2H3,(H,35,39)/t29-,31?/m0/s1. The average Bonchev–Trinajstić information content (AvgIpc) is 3.48. The fourth-order valence-electron chi connectivity index (χ4n) is 6.16. The minimum atomic E-state index is -0.699. The molecule has 7 rings (SSSR count). The van der Waals surface area contributed by atoms with Crippen LogP contribution in [0.5, 0.6) is 0 Å². The Morgan fingerprint density at radius 3 is 2.39 bits per heavy atom. The molecule has 4 amide bonds. The van der Waals surface area contributed by atoms with E-state index in [1.54, 1.807) is 29.2 Å². The van der Waals surface area contributed by atoms with Crippen LogP contribution >= 0.6 is 0 Å². The lowest BCUT2D eigenvalue weighted by atomic mass is 9.89. The second kappa shape index (κ2) is 9.48. The lowest BCUT2D eigenvalue weighted by Gasteiger charge is -2.36. The van der Waals surface area contributed by atoms with Crippen LogP contribution in [0.15, 0.2) is 97.1 Å². The number of carbonyl (C=O) groups is 3. The van der Waals surface area contributed by atoms with Gasteiger partial charge in [-0.25, -0.2) is 9.69 Å². The summed E-state index contributed by atoms with van der Waals surface area (Å²) in [6.45, 7) is 4.00. The average molecular weight is 541 g/mol. The molecule has 4 aromatic carbocycles. The summed E-state index contributed by atoms with van der Waals surface area (Å²) in [5.41, 5.74) is 7.21. The normalized spacial score (nSPS) is 18.0. The van der Waals surface area contributed by atoms with Crippen LogP contribution in [0.4, 0.5) is 16.2 Å². The monoisotopic (exact) mass is 540 g/mol. The number of H-pyrrole nitrogens is 1. The first-order valence-corrected chi connectivity index (χ1v) is 13.7. The molecular formula is C34H28N4O3. The summed E-state index contributed by atoms with van der Waals surface area (Å²) in [7, 11) is 0. The Balaban J connectivity index is 1.30. The Morgan fingerprint density at radius 1 is 0.854 bits per heavy atom. The lowest BCUT2D eigenvalue weighted by Crippen LogP contribution is -2.44. The van der Waals surface area contributed by atoms with Gasteiger partial charge in [0.05, 0.1) is 11.3 Å². The van der Waals surface area contributed by atoms with E-state index < -0.39 is 18.1 Å². The maximum absolute atomic E-state index is 14.3. The number of benzene rings is 4. The summed E-state index contributed by atoms with van der Waals surface area (Å²) in [4.78, 5) is 48.3. The van der Waals surface area contributed by atoms with Gasteiger partial charge in [0.2, 0.25) is 0 Å². The van der Waals surface area contributed by atoms with Gasteiger partial charge >= 0.3 is 6.03 Å². The van der Waals surface area contributed by atoms with E-state index >= 15 is 0 Å². The number of aromatic nitrogens is 1. The van der Waals surface area contributed by atoms with Gasteiger partial charge < -0.3 is 10.3 Å². The van der Waals surface area contributed by atoms with Crippen molar-refractivity contribution < 1.29 is 14.4 Å². The number of aryl methyl sites for hydroxylation is 2. The zero-order valence-corrected chi connectivity index (χ0v) is 22.7. The minimum Gasteiger partial charge on any atom is -0.356 e. The van der Waals surface area contributed by atoms with Crippen molar-refractivity contribution >= 4 is 40.1 Å². The number of amides is 4. The molecule has 0 spiro atoms. The first-order chi connectivity index (χ1) is 19.9. The van der Waals surface area contributed by atoms with Crippen molar-refractivity contribution in [3.8, 4) is 0 Å². The van der Waals surface area contributed by atoms with Crippen molar-refractivity contribution in [2.24, 2.45) is 0 Å². The highest BCUT2D eigenvalue weighted by Gasteiger charge is 2.53. The van der Waals surface area contributed by atoms with Crippen LogP contribution in [0.25, 0.3) is 10.9 Å². The molecule has 7 nitrogen and oxygen atoms in total. The number of anilines is 2. The molecule has 3 heterocycles. The highest BCUT2D eigenvalue weighted by molar-refractivity contribution is 6.24. The van der Waals surface area contributed by atoms with Crippen LogP contribution in [-0.2, 0) is 11.2 Å². The SMILES string of the molecule is Cc1ccc(NC(=O)c2ccccc2N2C(=O)[C@@H]3Cc4c([nH]c5ccccc45)C(c4ccccc4)N3C2=O)cc1C. The van der Waals surface area contributed by atoms with E-state index in [1.165, 1.54) is 4.90 Å². The first kappa shape index (κ1) is 24.8. The molecule has 1 fully saturated rings. The van der Waals surface area contributed by atoms with Crippen molar-refractivity contribution in [1.82, 2.24) is 9.88 Å². The summed E-state index contributed by atoms with van der Waals surface area (Å²) in [6, 6.07) is 28.7. The van der Waals surface area contributed by atoms with E-state index in [2.05, 4.69) is 10.3 Å². The van der Waals surface area contributed by atoms with Gasteiger partial charge in [0.15, 0.2) is 0 Å². The van der Waals surface area contributed by atoms with Crippen LogP contribution in [0, 0.1) is 13.8 Å². The zero-order valence-electron chi connectivity index (χ0n) is 22.7.